The summed E-state index contributed by atoms with van der Waals surface area (Å²) in [4.78, 5) is 28.1. The van der Waals surface area contributed by atoms with Gasteiger partial charge in [-0.1, -0.05) is 6.07 Å². The first-order valence-electron chi connectivity index (χ1n) is 6.10. The Kier molecular flexibility index (Phi) is 3.33. The minimum Gasteiger partial charge on any atom is -0.334 e. The summed E-state index contributed by atoms with van der Waals surface area (Å²) in [5, 5.41) is 5.59. The van der Waals surface area contributed by atoms with E-state index < -0.39 is 0 Å². The normalized spacial score (nSPS) is 11.5. The van der Waals surface area contributed by atoms with Crippen molar-refractivity contribution in [2.24, 2.45) is 0 Å². The molecule has 2 amide bonds. The van der Waals surface area contributed by atoms with E-state index in [1.54, 1.807) is 0 Å². The molecule has 0 radical (unpaired) electrons. The van der Waals surface area contributed by atoms with Gasteiger partial charge in [0.25, 0.3) is 0 Å². The molecule has 0 fully saturated rings. The average molecular weight is 262 g/mol. The van der Waals surface area contributed by atoms with Crippen LogP contribution in [-0.4, -0.2) is 21.5 Å². The van der Waals surface area contributed by atoms with Crippen LogP contribution in [0.3, 0.4) is 0 Å². The third-order valence-corrected chi connectivity index (χ3v) is 2.52. The first-order valence-corrected chi connectivity index (χ1v) is 6.10. The number of hydrogen-bond acceptors (Lipinski definition) is 2. The molecule has 0 spiro atoms. The lowest BCUT2D eigenvalue weighted by Crippen LogP contribution is -2.46. The monoisotopic (exact) mass is 262 g/mol. The van der Waals surface area contributed by atoms with Crippen molar-refractivity contribution in [2.75, 3.05) is 0 Å². The van der Waals surface area contributed by atoms with E-state index in [1.165, 1.54) is 0 Å². The molecular weight excluding hydrogens is 244 g/mol. The van der Waals surface area contributed by atoms with Crippen molar-refractivity contribution >= 4 is 17.1 Å². The van der Waals surface area contributed by atoms with Crippen molar-refractivity contribution in [3.8, 4) is 0 Å². The maximum Gasteiger partial charge on any atom is 0.323 e. The highest BCUT2D eigenvalue weighted by Crippen LogP contribution is 2.09. The highest BCUT2D eigenvalue weighted by Gasteiger charge is 2.12. The SMILES string of the molecule is CC(C)(C)NC(=O)NCc1ccc2[nH]c(=O)[nH]c2c1. The summed E-state index contributed by atoms with van der Waals surface area (Å²) in [6, 6.07) is 5.30. The molecule has 19 heavy (non-hydrogen) atoms. The van der Waals surface area contributed by atoms with Crippen LogP contribution in [0.1, 0.15) is 26.3 Å². The number of rotatable bonds is 2. The van der Waals surface area contributed by atoms with Crippen LogP contribution in [0.2, 0.25) is 0 Å². The summed E-state index contributed by atoms with van der Waals surface area (Å²) in [6.07, 6.45) is 0. The minimum absolute atomic E-state index is 0.213. The maximum absolute atomic E-state index is 11.6. The van der Waals surface area contributed by atoms with Crippen molar-refractivity contribution in [1.29, 1.82) is 0 Å². The number of urea groups is 1. The molecule has 1 heterocycles. The van der Waals surface area contributed by atoms with E-state index in [0.29, 0.717) is 6.54 Å². The predicted molar refractivity (Wildman–Crippen MR) is 74.0 cm³/mol. The Hall–Kier alpha value is -2.24. The van der Waals surface area contributed by atoms with Crippen LogP contribution in [0.15, 0.2) is 23.0 Å². The van der Waals surface area contributed by atoms with Gasteiger partial charge in [0.15, 0.2) is 0 Å². The summed E-state index contributed by atoms with van der Waals surface area (Å²) >= 11 is 0. The highest BCUT2D eigenvalue weighted by molar-refractivity contribution is 5.76. The Morgan fingerprint density at radius 1 is 1.21 bits per heavy atom. The van der Waals surface area contributed by atoms with Crippen molar-refractivity contribution in [3.63, 3.8) is 0 Å². The Labute approximate surface area is 110 Å². The molecule has 0 saturated heterocycles. The molecule has 0 aliphatic heterocycles. The molecule has 4 N–H and O–H groups in total. The van der Waals surface area contributed by atoms with Crippen LogP contribution in [-0.2, 0) is 6.54 Å². The molecule has 1 aromatic carbocycles. The zero-order valence-electron chi connectivity index (χ0n) is 11.3. The quantitative estimate of drug-likeness (QED) is 0.660. The van der Waals surface area contributed by atoms with E-state index in [4.69, 9.17) is 0 Å². The van der Waals surface area contributed by atoms with Crippen molar-refractivity contribution < 1.29 is 4.79 Å². The van der Waals surface area contributed by atoms with Crippen LogP contribution >= 0.6 is 0 Å². The van der Waals surface area contributed by atoms with Gasteiger partial charge >= 0.3 is 11.7 Å². The second kappa shape index (κ2) is 4.79. The summed E-state index contributed by atoms with van der Waals surface area (Å²) in [6.45, 7) is 6.17. The fourth-order valence-electron chi connectivity index (χ4n) is 1.76. The summed E-state index contributed by atoms with van der Waals surface area (Å²) in [5.74, 6) is 0. The topological polar surface area (TPSA) is 89.8 Å². The third-order valence-electron chi connectivity index (χ3n) is 2.52. The second-order valence-corrected chi connectivity index (χ2v) is 5.52. The highest BCUT2D eigenvalue weighted by atomic mass is 16.2. The first kappa shape index (κ1) is 13.2. The van der Waals surface area contributed by atoms with Gasteiger partial charge in [-0.15, -0.1) is 0 Å². The Bertz CT molecular complexity index is 648. The standard InChI is InChI=1S/C13H18N4O2/c1-13(2,3)17-11(18)14-7-8-4-5-9-10(6-8)16-12(19)15-9/h4-6H,7H2,1-3H3,(H2,14,17,18)(H2,15,16,19). The average Bonchev–Trinajstić information content (AvgIpc) is 2.63. The molecule has 2 aromatic rings. The second-order valence-electron chi connectivity index (χ2n) is 5.52. The van der Waals surface area contributed by atoms with E-state index in [2.05, 4.69) is 20.6 Å². The van der Waals surface area contributed by atoms with Gasteiger partial charge in [-0.05, 0) is 38.5 Å². The van der Waals surface area contributed by atoms with Crippen LogP contribution in [0, 0.1) is 0 Å². The molecule has 6 heteroatoms. The number of hydrogen-bond donors (Lipinski definition) is 4. The van der Waals surface area contributed by atoms with Gasteiger partial charge in [0.2, 0.25) is 0 Å². The van der Waals surface area contributed by atoms with Crippen molar-refractivity contribution in [3.05, 3.63) is 34.2 Å². The molecule has 102 valence electrons. The number of benzene rings is 1. The molecule has 0 unspecified atom stereocenters. The lowest BCUT2D eigenvalue weighted by Gasteiger charge is -2.20. The number of aromatic amines is 2. The summed E-state index contributed by atoms with van der Waals surface area (Å²) in [7, 11) is 0. The molecular formula is C13H18N4O2. The maximum atomic E-state index is 11.6. The van der Waals surface area contributed by atoms with E-state index in [1.807, 2.05) is 39.0 Å². The Morgan fingerprint density at radius 2 is 1.89 bits per heavy atom. The lowest BCUT2D eigenvalue weighted by atomic mass is 10.1. The number of imidazole rings is 1. The lowest BCUT2D eigenvalue weighted by molar-refractivity contribution is 0.231. The largest absolute Gasteiger partial charge is 0.334 e. The molecule has 6 nitrogen and oxygen atoms in total. The Balaban J connectivity index is 2.01. The third kappa shape index (κ3) is 3.61. The van der Waals surface area contributed by atoms with E-state index >= 15 is 0 Å². The molecule has 0 bridgehead atoms. The number of H-pyrrole nitrogens is 2. The molecule has 1 aromatic heterocycles. The van der Waals surface area contributed by atoms with E-state index in [9.17, 15) is 9.59 Å². The van der Waals surface area contributed by atoms with Gasteiger partial charge in [0.05, 0.1) is 11.0 Å². The number of carbonyl (C=O) groups is 1. The number of nitrogens with one attached hydrogen (secondary N) is 4. The van der Waals surface area contributed by atoms with Crippen molar-refractivity contribution in [1.82, 2.24) is 20.6 Å². The van der Waals surface area contributed by atoms with Gasteiger partial charge in [-0.25, -0.2) is 9.59 Å². The smallest absolute Gasteiger partial charge is 0.323 e. The van der Waals surface area contributed by atoms with E-state index in [0.717, 1.165) is 16.6 Å². The molecule has 0 aliphatic rings. The van der Waals surface area contributed by atoms with Gasteiger partial charge in [0, 0.05) is 12.1 Å². The molecule has 0 aliphatic carbocycles. The minimum atomic E-state index is -0.264. The van der Waals surface area contributed by atoms with Crippen molar-refractivity contribution in [2.45, 2.75) is 32.9 Å². The molecule has 0 saturated carbocycles. The van der Waals surface area contributed by atoms with Gasteiger partial charge in [-0.2, -0.15) is 0 Å². The number of amides is 2. The number of aromatic nitrogens is 2. The van der Waals surface area contributed by atoms with E-state index in [-0.39, 0.29) is 17.3 Å². The Morgan fingerprint density at radius 3 is 2.58 bits per heavy atom. The predicted octanol–water partition coefficient (Wildman–Crippen LogP) is 1.45. The fraction of sp³-hybridized carbons (Fsp3) is 0.385. The van der Waals surface area contributed by atoms with Crippen LogP contribution in [0.25, 0.3) is 11.0 Å². The van der Waals surface area contributed by atoms with Crippen LogP contribution in [0.5, 0.6) is 0 Å². The first-order chi connectivity index (χ1) is 8.83. The number of carbonyl (C=O) groups excluding carboxylic acids is 1. The van der Waals surface area contributed by atoms with Crippen LogP contribution in [0.4, 0.5) is 4.79 Å². The fourth-order valence-corrected chi connectivity index (χ4v) is 1.76. The van der Waals surface area contributed by atoms with Gasteiger partial charge in [0.1, 0.15) is 0 Å². The molecule has 0 atom stereocenters. The van der Waals surface area contributed by atoms with Crippen LogP contribution < -0.4 is 16.3 Å². The summed E-state index contributed by atoms with van der Waals surface area (Å²) in [5.41, 5.74) is 1.92. The van der Waals surface area contributed by atoms with Gasteiger partial charge < -0.3 is 20.6 Å². The molecule has 2 rings (SSSR count). The summed E-state index contributed by atoms with van der Waals surface area (Å²) < 4.78 is 0. The zero-order chi connectivity index (χ0) is 14.0. The van der Waals surface area contributed by atoms with Gasteiger partial charge in [-0.3, -0.25) is 0 Å². The number of fused-ring (bicyclic) bond motifs is 1. The zero-order valence-corrected chi connectivity index (χ0v) is 11.3.